The highest BCUT2D eigenvalue weighted by Crippen LogP contribution is 2.50. The number of amides is 3. The van der Waals surface area contributed by atoms with E-state index >= 15 is 0 Å². The minimum absolute atomic E-state index is 0.107. The van der Waals surface area contributed by atoms with Gasteiger partial charge >= 0.3 is 6.03 Å². The summed E-state index contributed by atoms with van der Waals surface area (Å²) in [4.78, 5) is 40.1. The molecule has 2 N–H and O–H groups in total. The molecule has 0 saturated carbocycles. The third-order valence-corrected chi connectivity index (χ3v) is 6.00. The molecule has 7 nitrogen and oxygen atoms in total. The van der Waals surface area contributed by atoms with E-state index in [1.54, 1.807) is 20.2 Å². The molecule has 5 rings (SSSR count). The molecular formula is C22H19N3O4. The molecule has 0 spiro atoms. The third-order valence-electron chi connectivity index (χ3n) is 6.00. The predicted octanol–water partition coefficient (Wildman–Crippen LogP) is 2.11. The molecule has 2 aromatic carbocycles. The average molecular weight is 389 g/mol. The molecule has 0 bridgehead atoms. The molecule has 29 heavy (non-hydrogen) atoms. The SMILES string of the molecule is COc1ccccc1C1C2=C(NC3C1C(=O)NC(=O)N3C)c1ccccc1C2=O. The zero-order chi connectivity index (χ0) is 20.3. The van der Waals surface area contributed by atoms with Crippen molar-refractivity contribution in [1.82, 2.24) is 15.5 Å². The Morgan fingerprint density at radius 2 is 1.66 bits per heavy atom. The van der Waals surface area contributed by atoms with Crippen molar-refractivity contribution in [3.8, 4) is 5.75 Å². The molecule has 0 aromatic heterocycles. The number of imide groups is 1. The first-order valence-electron chi connectivity index (χ1n) is 9.38. The number of fused-ring (bicyclic) bond motifs is 3. The van der Waals surface area contributed by atoms with Crippen LogP contribution in [-0.2, 0) is 4.79 Å². The highest BCUT2D eigenvalue weighted by molar-refractivity contribution is 6.22. The summed E-state index contributed by atoms with van der Waals surface area (Å²) in [5.74, 6) is -1.14. The second-order valence-electron chi connectivity index (χ2n) is 7.40. The van der Waals surface area contributed by atoms with Gasteiger partial charge in [-0.2, -0.15) is 0 Å². The Bertz CT molecular complexity index is 1110. The fourth-order valence-electron chi connectivity index (χ4n) is 4.66. The third kappa shape index (κ3) is 2.33. The Morgan fingerprint density at radius 1 is 0.966 bits per heavy atom. The molecule has 2 heterocycles. The molecule has 3 atom stereocenters. The van der Waals surface area contributed by atoms with Gasteiger partial charge in [-0.3, -0.25) is 14.9 Å². The van der Waals surface area contributed by atoms with Gasteiger partial charge in [0.15, 0.2) is 5.78 Å². The summed E-state index contributed by atoms with van der Waals surface area (Å²) in [7, 11) is 3.20. The van der Waals surface area contributed by atoms with Crippen molar-refractivity contribution >= 4 is 23.4 Å². The van der Waals surface area contributed by atoms with Crippen molar-refractivity contribution in [2.45, 2.75) is 12.1 Å². The average Bonchev–Trinajstić information content (AvgIpc) is 3.03. The number of ether oxygens (including phenoxy) is 1. The smallest absolute Gasteiger partial charge is 0.325 e. The van der Waals surface area contributed by atoms with Gasteiger partial charge in [0.1, 0.15) is 11.9 Å². The number of nitrogens with zero attached hydrogens (tertiary/aromatic N) is 1. The Kier molecular flexibility index (Phi) is 3.74. The molecule has 3 amide bonds. The number of ketones is 1. The Hall–Kier alpha value is -3.61. The monoisotopic (exact) mass is 389 g/mol. The minimum atomic E-state index is -0.675. The van der Waals surface area contributed by atoms with E-state index in [4.69, 9.17) is 4.74 Å². The number of methoxy groups -OCH3 is 1. The molecule has 0 radical (unpaired) electrons. The maximum absolute atomic E-state index is 13.4. The minimum Gasteiger partial charge on any atom is -0.496 e. The van der Waals surface area contributed by atoms with Crippen molar-refractivity contribution in [1.29, 1.82) is 0 Å². The van der Waals surface area contributed by atoms with Gasteiger partial charge in [-0.15, -0.1) is 0 Å². The summed E-state index contributed by atoms with van der Waals surface area (Å²) in [5.41, 5.74) is 3.35. The van der Waals surface area contributed by atoms with Crippen LogP contribution in [0.25, 0.3) is 5.70 Å². The maximum Gasteiger partial charge on any atom is 0.325 e. The van der Waals surface area contributed by atoms with Gasteiger partial charge in [0.2, 0.25) is 5.91 Å². The Balaban J connectivity index is 1.78. The van der Waals surface area contributed by atoms with Gasteiger partial charge in [-0.05, 0) is 6.07 Å². The van der Waals surface area contributed by atoms with Crippen molar-refractivity contribution in [3.63, 3.8) is 0 Å². The largest absolute Gasteiger partial charge is 0.496 e. The quantitative estimate of drug-likeness (QED) is 0.822. The fourth-order valence-corrected chi connectivity index (χ4v) is 4.66. The zero-order valence-electron chi connectivity index (χ0n) is 15.9. The molecule has 1 saturated heterocycles. The van der Waals surface area contributed by atoms with Crippen LogP contribution in [0.4, 0.5) is 4.79 Å². The molecule has 2 aromatic rings. The van der Waals surface area contributed by atoms with Crippen molar-refractivity contribution in [2.24, 2.45) is 5.92 Å². The lowest BCUT2D eigenvalue weighted by molar-refractivity contribution is -0.129. The summed E-state index contributed by atoms with van der Waals surface area (Å²) >= 11 is 0. The standard InChI is InChI=1S/C22H19N3O4/c1-25-20-17(21(27)24-22(25)28)15(13-9-5-6-10-14(13)29-2)16-18(23-20)11-7-3-4-8-12(11)19(16)26/h3-10,15,17,20,23H,1-2H3,(H,24,27,28). The maximum atomic E-state index is 13.4. The van der Waals surface area contributed by atoms with E-state index in [0.29, 0.717) is 22.6 Å². The number of para-hydroxylation sites is 1. The number of hydrogen-bond donors (Lipinski definition) is 2. The van der Waals surface area contributed by atoms with Crippen LogP contribution in [0.1, 0.15) is 27.4 Å². The molecule has 1 aliphatic carbocycles. The number of rotatable bonds is 2. The van der Waals surface area contributed by atoms with Gasteiger partial charge in [0, 0.05) is 35.2 Å². The molecule has 1 fully saturated rings. The van der Waals surface area contributed by atoms with E-state index in [1.807, 2.05) is 42.5 Å². The lowest BCUT2D eigenvalue weighted by Crippen LogP contribution is -2.66. The first-order valence-corrected chi connectivity index (χ1v) is 9.38. The van der Waals surface area contributed by atoms with Crippen LogP contribution >= 0.6 is 0 Å². The molecule has 3 unspecified atom stereocenters. The van der Waals surface area contributed by atoms with Crippen molar-refractivity contribution in [3.05, 3.63) is 70.8 Å². The number of carbonyl (C=O) groups is 3. The van der Waals surface area contributed by atoms with E-state index in [9.17, 15) is 14.4 Å². The van der Waals surface area contributed by atoms with Gasteiger partial charge in [0.25, 0.3) is 0 Å². The number of hydrogen-bond acceptors (Lipinski definition) is 5. The molecular weight excluding hydrogens is 370 g/mol. The van der Waals surface area contributed by atoms with Crippen molar-refractivity contribution < 1.29 is 19.1 Å². The number of allylic oxidation sites excluding steroid dienone is 1. The summed E-state index contributed by atoms with van der Waals surface area (Å²) < 4.78 is 5.56. The molecule has 2 aliphatic heterocycles. The van der Waals surface area contributed by atoms with Crippen LogP contribution in [0, 0.1) is 5.92 Å². The van der Waals surface area contributed by atoms with Gasteiger partial charge in [-0.25, -0.2) is 4.79 Å². The van der Waals surface area contributed by atoms with Crippen LogP contribution < -0.4 is 15.4 Å². The number of carbonyl (C=O) groups excluding carboxylic acids is 3. The summed E-state index contributed by atoms with van der Waals surface area (Å²) in [6.07, 6.45) is -0.580. The van der Waals surface area contributed by atoms with E-state index in [2.05, 4.69) is 10.6 Å². The summed E-state index contributed by atoms with van der Waals surface area (Å²) in [6.45, 7) is 0. The van der Waals surface area contributed by atoms with E-state index in [0.717, 1.165) is 11.1 Å². The first kappa shape index (κ1) is 17.5. The zero-order valence-corrected chi connectivity index (χ0v) is 15.9. The first-order chi connectivity index (χ1) is 14.0. The molecule has 3 aliphatic rings. The van der Waals surface area contributed by atoms with Crippen LogP contribution in [-0.4, -0.2) is 42.9 Å². The highest BCUT2D eigenvalue weighted by Gasteiger charge is 2.53. The van der Waals surface area contributed by atoms with Gasteiger partial charge in [0.05, 0.1) is 18.7 Å². The lowest BCUT2D eigenvalue weighted by atomic mass is 9.73. The number of Topliss-reactive ketones (excluding diaryl/α,β-unsaturated/α-hetero) is 1. The fraction of sp³-hybridized carbons (Fsp3) is 0.227. The Morgan fingerprint density at radius 3 is 2.41 bits per heavy atom. The van der Waals surface area contributed by atoms with Crippen LogP contribution in [0.15, 0.2) is 54.1 Å². The number of nitrogens with one attached hydrogen (secondary N) is 2. The molecule has 146 valence electrons. The number of urea groups is 1. The topological polar surface area (TPSA) is 87.7 Å². The van der Waals surface area contributed by atoms with Crippen LogP contribution in [0.3, 0.4) is 0 Å². The van der Waals surface area contributed by atoms with E-state index in [1.165, 1.54) is 4.90 Å². The summed E-state index contributed by atoms with van der Waals surface area (Å²) in [6, 6.07) is 14.3. The highest BCUT2D eigenvalue weighted by atomic mass is 16.5. The Labute approximate surface area is 167 Å². The number of benzene rings is 2. The van der Waals surface area contributed by atoms with Gasteiger partial charge in [-0.1, -0.05) is 42.5 Å². The summed E-state index contributed by atoms with van der Waals surface area (Å²) in [5, 5.41) is 5.73. The predicted molar refractivity (Wildman–Crippen MR) is 105 cm³/mol. The van der Waals surface area contributed by atoms with E-state index < -0.39 is 29.9 Å². The van der Waals surface area contributed by atoms with E-state index in [-0.39, 0.29) is 5.78 Å². The second-order valence-corrected chi connectivity index (χ2v) is 7.40. The van der Waals surface area contributed by atoms with Crippen molar-refractivity contribution in [2.75, 3.05) is 14.2 Å². The van der Waals surface area contributed by atoms with Gasteiger partial charge < -0.3 is 15.0 Å². The second kappa shape index (κ2) is 6.20. The molecule has 7 heteroatoms. The normalized spacial score (nSPS) is 25.1. The lowest BCUT2D eigenvalue weighted by Gasteiger charge is -2.46. The van der Waals surface area contributed by atoms with Crippen LogP contribution in [0.2, 0.25) is 0 Å². The van der Waals surface area contributed by atoms with Crippen LogP contribution in [0.5, 0.6) is 5.75 Å².